The van der Waals surface area contributed by atoms with E-state index < -0.39 is 5.97 Å². The molecule has 0 spiro atoms. The highest BCUT2D eigenvalue weighted by atomic mass is 16.5. The fraction of sp³-hybridized carbons (Fsp3) is 0.154. The van der Waals surface area contributed by atoms with Gasteiger partial charge in [-0.25, -0.2) is 9.89 Å². The van der Waals surface area contributed by atoms with Gasteiger partial charge in [-0.1, -0.05) is 29.8 Å². The molecule has 92 valence electrons. The summed E-state index contributed by atoms with van der Waals surface area (Å²) < 4.78 is 5.07. The maximum Gasteiger partial charge on any atom is 0.359 e. The van der Waals surface area contributed by atoms with E-state index in [-0.39, 0.29) is 17.9 Å². The molecule has 5 nitrogen and oxygen atoms in total. The quantitative estimate of drug-likeness (QED) is 0.829. The number of H-pyrrole nitrogens is 1. The van der Waals surface area contributed by atoms with Crippen LogP contribution in [0.5, 0.6) is 0 Å². The third kappa shape index (κ3) is 3.04. The lowest BCUT2D eigenvalue weighted by atomic mass is 10.2. The molecule has 1 aromatic heterocycles. The summed E-state index contributed by atoms with van der Waals surface area (Å²) in [5, 5.41) is 5.77. The summed E-state index contributed by atoms with van der Waals surface area (Å²) in [6, 6.07) is 10.2. The van der Waals surface area contributed by atoms with Gasteiger partial charge in [-0.05, 0) is 18.6 Å². The van der Waals surface area contributed by atoms with Gasteiger partial charge in [0.25, 0.3) is 5.56 Å². The van der Waals surface area contributed by atoms with Gasteiger partial charge in [0.2, 0.25) is 0 Å². The van der Waals surface area contributed by atoms with Crippen molar-refractivity contribution < 1.29 is 9.53 Å². The van der Waals surface area contributed by atoms with Crippen molar-refractivity contribution in [3.05, 3.63) is 63.6 Å². The summed E-state index contributed by atoms with van der Waals surface area (Å²) in [5.41, 5.74) is 1.78. The van der Waals surface area contributed by atoms with Crippen molar-refractivity contribution in [3.63, 3.8) is 0 Å². The molecule has 0 amide bonds. The summed E-state index contributed by atoms with van der Waals surface area (Å²) in [6.45, 7) is 2.17. The third-order valence-electron chi connectivity index (χ3n) is 2.38. The Kier molecular flexibility index (Phi) is 3.52. The molecular weight excluding hydrogens is 232 g/mol. The Morgan fingerprint density at radius 3 is 2.56 bits per heavy atom. The van der Waals surface area contributed by atoms with E-state index >= 15 is 0 Å². The molecule has 1 N–H and O–H groups in total. The van der Waals surface area contributed by atoms with Crippen LogP contribution in [-0.4, -0.2) is 16.2 Å². The van der Waals surface area contributed by atoms with Crippen LogP contribution in [0, 0.1) is 6.92 Å². The van der Waals surface area contributed by atoms with Crippen molar-refractivity contribution in [2.75, 3.05) is 0 Å². The van der Waals surface area contributed by atoms with Gasteiger partial charge in [0.1, 0.15) is 6.61 Å². The number of aryl methyl sites for hydroxylation is 1. The summed E-state index contributed by atoms with van der Waals surface area (Å²) >= 11 is 0. The van der Waals surface area contributed by atoms with Crippen LogP contribution in [0.3, 0.4) is 0 Å². The second kappa shape index (κ2) is 5.27. The monoisotopic (exact) mass is 244 g/mol. The van der Waals surface area contributed by atoms with E-state index in [2.05, 4.69) is 10.2 Å². The van der Waals surface area contributed by atoms with Crippen molar-refractivity contribution in [1.29, 1.82) is 0 Å². The zero-order chi connectivity index (χ0) is 13.0. The first-order valence-corrected chi connectivity index (χ1v) is 5.43. The van der Waals surface area contributed by atoms with E-state index in [0.717, 1.165) is 11.1 Å². The minimum absolute atomic E-state index is 0.0849. The predicted molar refractivity (Wildman–Crippen MR) is 65.2 cm³/mol. The fourth-order valence-electron chi connectivity index (χ4n) is 1.37. The van der Waals surface area contributed by atoms with Crippen molar-refractivity contribution in [2.24, 2.45) is 0 Å². The molecular formula is C13H12N2O3. The Hall–Kier alpha value is -2.43. The van der Waals surface area contributed by atoms with E-state index in [1.807, 2.05) is 31.2 Å². The molecule has 18 heavy (non-hydrogen) atoms. The molecule has 1 aromatic carbocycles. The van der Waals surface area contributed by atoms with Gasteiger partial charge in [0, 0.05) is 6.07 Å². The molecule has 0 fully saturated rings. The Morgan fingerprint density at radius 2 is 1.94 bits per heavy atom. The minimum Gasteiger partial charge on any atom is -0.456 e. The number of hydrogen-bond acceptors (Lipinski definition) is 4. The summed E-state index contributed by atoms with van der Waals surface area (Å²) in [6.07, 6.45) is 0. The van der Waals surface area contributed by atoms with Gasteiger partial charge in [-0.3, -0.25) is 4.79 Å². The molecule has 0 aliphatic carbocycles. The molecule has 0 bridgehead atoms. The van der Waals surface area contributed by atoms with Crippen LogP contribution in [-0.2, 0) is 11.3 Å². The summed E-state index contributed by atoms with van der Waals surface area (Å²) in [5.74, 6) is -0.563. The predicted octanol–water partition coefficient (Wildman–Crippen LogP) is 1.44. The topological polar surface area (TPSA) is 72.1 Å². The van der Waals surface area contributed by atoms with E-state index in [9.17, 15) is 9.59 Å². The minimum atomic E-state index is -0.563. The Bertz CT molecular complexity index is 582. The first kappa shape index (κ1) is 12.0. The zero-order valence-corrected chi connectivity index (χ0v) is 9.84. The van der Waals surface area contributed by atoms with Crippen molar-refractivity contribution in [3.8, 4) is 0 Å². The molecule has 2 aromatic rings. The maximum atomic E-state index is 11.6. The maximum absolute atomic E-state index is 11.6. The number of ether oxygens (including phenoxy) is 1. The number of rotatable bonds is 3. The van der Waals surface area contributed by atoms with Crippen LogP contribution in [0.15, 0.2) is 41.2 Å². The first-order chi connectivity index (χ1) is 8.65. The van der Waals surface area contributed by atoms with Gasteiger partial charge in [-0.15, -0.1) is 0 Å². The SMILES string of the molecule is Cc1ccc(COC(=O)c2ccc(=O)[nH]n2)cc1. The standard InChI is InChI=1S/C13H12N2O3/c1-9-2-4-10(5-3-9)8-18-13(17)11-6-7-12(16)15-14-11/h2-7H,8H2,1H3,(H,15,16). The van der Waals surface area contributed by atoms with Crippen molar-refractivity contribution in [2.45, 2.75) is 13.5 Å². The van der Waals surface area contributed by atoms with E-state index in [0.29, 0.717) is 0 Å². The number of hydrogen-bond donors (Lipinski definition) is 1. The molecule has 5 heteroatoms. The highest BCUT2D eigenvalue weighted by Crippen LogP contribution is 2.05. The smallest absolute Gasteiger partial charge is 0.359 e. The van der Waals surface area contributed by atoms with Gasteiger partial charge in [0.05, 0.1) is 0 Å². The number of aromatic nitrogens is 2. The first-order valence-electron chi connectivity index (χ1n) is 5.43. The number of aromatic amines is 1. The largest absolute Gasteiger partial charge is 0.456 e. The Labute approximate surface area is 103 Å². The van der Waals surface area contributed by atoms with Gasteiger partial charge in [-0.2, -0.15) is 5.10 Å². The lowest BCUT2D eigenvalue weighted by Gasteiger charge is -2.04. The van der Waals surface area contributed by atoms with Gasteiger partial charge in [0.15, 0.2) is 5.69 Å². The van der Waals surface area contributed by atoms with Crippen LogP contribution >= 0.6 is 0 Å². The number of carbonyl (C=O) groups excluding carboxylic acids is 1. The number of nitrogens with zero attached hydrogens (tertiary/aromatic N) is 1. The molecule has 0 aliphatic rings. The second-order valence-electron chi connectivity index (χ2n) is 3.87. The van der Waals surface area contributed by atoms with E-state index in [1.54, 1.807) is 0 Å². The fourth-order valence-corrected chi connectivity index (χ4v) is 1.37. The van der Waals surface area contributed by atoms with Gasteiger partial charge >= 0.3 is 5.97 Å². The van der Waals surface area contributed by atoms with Crippen LogP contribution in [0.1, 0.15) is 21.6 Å². The number of benzene rings is 1. The average molecular weight is 244 g/mol. The van der Waals surface area contributed by atoms with Crippen LogP contribution in [0.25, 0.3) is 0 Å². The molecule has 2 rings (SSSR count). The van der Waals surface area contributed by atoms with Crippen LogP contribution in [0.4, 0.5) is 0 Å². The van der Waals surface area contributed by atoms with E-state index in [1.165, 1.54) is 12.1 Å². The molecule has 0 atom stereocenters. The summed E-state index contributed by atoms with van der Waals surface area (Å²) in [4.78, 5) is 22.4. The normalized spacial score (nSPS) is 10.1. The third-order valence-corrected chi connectivity index (χ3v) is 2.38. The Balaban J connectivity index is 1.98. The highest BCUT2D eigenvalue weighted by Gasteiger charge is 2.08. The molecule has 0 saturated heterocycles. The number of nitrogens with one attached hydrogen (secondary N) is 1. The number of esters is 1. The van der Waals surface area contributed by atoms with Crippen molar-refractivity contribution >= 4 is 5.97 Å². The highest BCUT2D eigenvalue weighted by molar-refractivity contribution is 5.86. The number of carbonyl (C=O) groups is 1. The van der Waals surface area contributed by atoms with Crippen LogP contribution in [0.2, 0.25) is 0 Å². The zero-order valence-electron chi connectivity index (χ0n) is 9.84. The van der Waals surface area contributed by atoms with Gasteiger partial charge < -0.3 is 4.74 Å². The molecule has 0 radical (unpaired) electrons. The molecule has 0 saturated carbocycles. The lowest BCUT2D eigenvalue weighted by Crippen LogP contribution is -2.13. The van der Waals surface area contributed by atoms with Crippen LogP contribution < -0.4 is 5.56 Å². The lowest BCUT2D eigenvalue weighted by molar-refractivity contribution is 0.0464. The average Bonchev–Trinajstić information content (AvgIpc) is 2.38. The molecule has 0 unspecified atom stereocenters. The second-order valence-corrected chi connectivity index (χ2v) is 3.87. The molecule has 0 aliphatic heterocycles. The van der Waals surface area contributed by atoms with Crippen molar-refractivity contribution in [1.82, 2.24) is 10.2 Å². The van der Waals surface area contributed by atoms with E-state index in [4.69, 9.17) is 4.74 Å². The Morgan fingerprint density at radius 1 is 1.22 bits per heavy atom. The summed E-state index contributed by atoms with van der Waals surface area (Å²) in [7, 11) is 0. The molecule has 1 heterocycles.